The number of aromatic nitrogens is 1. The Bertz CT molecular complexity index is 718. The zero-order valence-corrected chi connectivity index (χ0v) is 11.1. The molecule has 0 amide bonds. The van der Waals surface area contributed by atoms with Crippen LogP contribution in [0.2, 0.25) is 0 Å². The average molecular weight is 269 g/mol. The first-order valence-electron chi connectivity index (χ1n) is 6.73. The van der Waals surface area contributed by atoms with Crippen molar-refractivity contribution in [1.82, 2.24) is 4.79 Å². The van der Waals surface area contributed by atoms with E-state index in [0.717, 1.165) is 11.8 Å². The van der Waals surface area contributed by atoms with E-state index in [9.17, 15) is 9.59 Å². The molecule has 0 atom stereocenters. The van der Waals surface area contributed by atoms with Gasteiger partial charge in [0.15, 0.2) is 0 Å². The fourth-order valence-corrected chi connectivity index (χ4v) is 2.65. The van der Waals surface area contributed by atoms with E-state index in [0.29, 0.717) is 28.0 Å². The lowest BCUT2D eigenvalue weighted by Crippen LogP contribution is -1.99. The van der Waals surface area contributed by atoms with Crippen molar-refractivity contribution in [3.8, 4) is 0 Å². The summed E-state index contributed by atoms with van der Waals surface area (Å²) in [7, 11) is 0. The molecule has 0 aliphatic heterocycles. The smallest absolute Gasteiger partial charge is 0.0819 e. The maximum absolute atomic E-state index is 14.4. The lowest BCUT2D eigenvalue weighted by atomic mass is 10.0. The molecule has 3 heteroatoms. The first-order chi connectivity index (χ1) is 9.81. The first-order valence-corrected chi connectivity index (χ1v) is 6.73. The number of benzene rings is 2. The van der Waals surface area contributed by atoms with Crippen LogP contribution in [-0.4, -0.2) is 9.90 Å². The van der Waals surface area contributed by atoms with Crippen LogP contribution in [-0.2, 0) is 19.4 Å². The van der Waals surface area contributed by atoms with Gasteiger partial charge in [-0.1, -0.05) is 53.0 Å². The summed E-state index contributed by atoms with van der Waals surface area (Å²) in [5.41, 5.74) is 2.96. The number of aryl methyl sites for hydroxylation is 1. The molecule has 1 aromatic heterocycles. The van der Waals surface area contributed by atoms with Crippen molar-refractivity contribution in [1.29, 1.82) is 0 Å². The first kappa shape index (κ1) is 12.9. The highest BCUT2D eigenvalue weighted by Gasteiger charge is 2.16. The number of fused-ring (bicyclic) bond motifs is 1. The lowest BCUT2D eigenvalue weighted by molar-refractivity contribution is 0.278. The highest BCUT2D eigenvalue weighted by atomic mass is 19.2. The molecule has 3 aromatic rings. The zero-order valence-electron chi connectivity index (χ0n) is 11.1. The zero-order chi connectivity index (χ0) is 13.9. The summed E-state index contributed by atoms with van der Waals surface area (Å²) < 4.78 is 14.4. The number of aliphatic hydroxyl groups is 1. The van der Waals surface area contributed by atoms with Crippen LogP contribution in [0.15, 0.2) is 54.6 Å². The van der Waals surface area contributed by atoms with Gasteiger partial charge >= 0.3 is 0 Å². The minimum Gasteiger partial charge on any atom is -0.392 e. The number of rotatable bonds is 4. The molecule has 20 heavy (non-hydrogen) atoms. The van der Waals surface area contributed by atoms with Gasteiger partial charge in [-0.25, -0.2) is 0 Å². The molecule has 0 unspecified atom stereocenters. The van der Waals surface area contributed by atoms with Gasteiger partial charge in [0.25, 0.3) is 0 Å². The fraction of sp³-hybridized carbons (Fsp3) is 0.176. The Morgan fingerprint density at radius 1 is 0.900 bits per heavy atom. The second kappa shape index (κ2) is 5.47. The molecule has 2 aromatic carbocycles. The van der Waals surface area contributed by atoms with Crippen molar-refractivity contribution in [2.24, 2.45) is 0 Å². The Labute approximate surface area is 117 Å². The van der Waals surface area contributed by atoms with Crippen molar-refractivity contribution in [2.45, 2.75) is 19.4 Å². The second-order valence-corrected chi connectivity index (χ2v) is 4.87. The normalized spacial score (nSPS) is 11.1. The molecule has 0 bridgehead atoms. The van der Waals surface area contributed by atoms with E-state index in [1.165, 1.54) is 5.56 Å². The van der Waals surface area contributed by atoms with E-state index < -0.39 is 0 Å². The van der Waals surface area contributed by atoms with Gasteiger partial charge in [0.1, 0.15) is 0 Å². The Hall–Kier alpha value is -2.13. The summed E-state index contributed by atoms with van der Waals surface area (Å²) in [4.78, 5) is 0.712. The minimum absolute atomic E-state index is 0.137. The highest BCUT2D eigenvalue weighted by Crippen LogP contribution is 2.27. The van der Waals surface area contributed by atoms with Crippen LogP contribution in [0.4, 0.5) is 4.48 Å². The number of nitrogens with zero attached hydrogens (tertiary/aromatic N) is 1. The molecule has 0 aliphatic rings. The molecule has 1 N–H and O–H groups in total. The largest absolute Gasteiger partial charge is 0.392 e. The topological polar surface area (TPSA) is 25.2 Å². The summed E-state index contributed by atoms with van der Waals surface area (Å²) in [6.45, 7) is -0.137. The number of hydrogen-bond acceptors (Lipinski definition) is 1. The Morgan fingerprint density at radius 3 is 2.35 bits per heavy atom. The van der Waals surface area contributed by atoms with E-state index >= 15 is 0 Å². The van der Waals surface area contributed by atoms with Crippen LogP contribution in [0.25, 0.3) is 10.9 Å². The predicted molar refractivity (Wildman–Crippen MR) is 78.2 cm³/mol. The molecule has 2 nitrogen and oxygen atoms in total. The van der Waals surface area contributed by atoms with Gasteiger partial charge in [-0.2, -0.15) is 4.79 Å². The van der Waals surface area contributed by atoms with E-state index in [1.54, 1.807) is 12.1 Å². The maximum atomic E-state index is 14.4. The van der Waals surface area contributed by atoms with Gasteiger partial charge in [0.05, 0.1) is 17.8 Å². The molecule has 0 saturated carbocycles. The van der Waals surface area contributed by atoms with Crippen LogP contribution in [0.1, 0.15) is 16.8 Å². The number of aliphatic hydroxyl groups excluding tert-OH is 1. The van der Waals surface area contributed by atoms with Crippen LogP contribution in [0.5, 0.6) is 0 Å². The quantitative estimate of drug-likeness (QED) is 0.768. The SMILES string of the molecule is OCc1c(CCc2ccccc2)n(F)c2ccccc12. The Kier molecular flexibility index (Phi) is 3.52. The van der Waals surface area contributed by atoms with Crippen LogP contribution < -0.4 is 0 Å². The third kappa shape index (κ3) is 2.21. The molecular weight excluding hydrogens is 253 g/mol. The maximum Gasteiger partial charge on any atom is 0.0819 e. The molecule has 0 radical (unpaired) electrons. The van der Waals surface area contributed by atoms with Crippen molar-refractivity contribution >= 4 is 10.9 Å². The van der Waals surface area contributed by atoms with Gasteiger partial charge in [0.2, 0.25) is 0 Å². The molecule has 1 heterocycles. The predicted octanol–water partition coefficient (Wildman–Crippen LogP) is 3.65. The van der Waals surface area contributed by atoms with Gasteiger partial charge in [-0.05, 0) is 24.5 Å². The van der Waals surface area contributed by atoms with Crippen molar-refractivity contribution in [2.75, 3.05) is 0 Å². The van der Waals surface area contributed by atoms with E-state index in [4.69, 9.17) is 0 Å². The van der Waals surface area contributed by atoms with Gasteiger partial charge in [0, 0.05) is 10.9 Å². The van der Waals surface area contributed by atoms with E-state index in [-0.39, 0.29) is 6.61 Å². The van der Waals surface area contributed by atoms with Crippen LogP contribution in [0, 0.1) is 0 Å². The number of halogens is 1. The Morgan fingerprint density at radius 2 is 1.60 bits per heavy atom. The molecule has 0 spiro atoms. The van der Waals surface area contributed by atoms with Gasteiger partial charge < -0.3 is 5.11 Å². The Balaban J connectivity index is 1.96. The summed E-state index contributed by atoms with van der Waals surface area (Å²) in [6.07, 6.45) is 1.33. The van der Waals surface area contributed by atoms with Crippen LogP contribution in [0.3, 0.4) is 0 Å². The summed E-state index contributed by atoms with van der Waals surface area (Å²) >= 11 is 0. The molecule has 0 fully saturated rings. The van der Waals surface area contributed by atoms with Gasteiger partial charge in [-0.3, -0.25) is 0 Å². The molecule has 0 saturated heterocycles. The van der Waals surface area contributed by atoms with E-state index in [1.807, 2.05) is 42.5 Å². The third-order valence-electron chi connectivity index (χ3n) is 3.68. The molecular formula is C17H16FNO. The van der Waals surface area contributed by atoms with Crippen molar-refractivity contribution < 1.29 is 9.59 Å². The van der Waals surface area contributed by atoms with Crippen molar-refractivity contribution in [3.05, 3.63) is 71.4 Å². The fourth-order valence-electron chi connectivity index (χ4n) is 2.65. The monoisotopic (exact) mass is 269 g/mol. The standard InChI is InChI=1S/C17H16FNO/c18-19-16-9-5-4-8-14(16)15(12-20)17(19)11-10-13-6-2-1-3-7-13/h1-9,20H,10-12H2. The molecule has 102 valence electrons. The minimum atomic E-state index is -0.137. The highest BCUT2D eigenvalue weighted by molar-refractivity contribution is 5.85. The summed E-state index contributed by atoms with van der Waals surface area (Å²) in [6, 6.07) is 17.2. The summed E-state index contributed by atoms with van der Waals surface area (Å²) in [5, 5.41) is 10.3. The summed E-state index contributed by atoms with van der Waals surface area (Å²) in [5.74, 6) is 0. The average Bonchev–Trinajstić information content (AvgIpc) is 2.78. The van der Waals surface area contributed by atoms with Crippen LogP contribution >= 0.6 is 0 Å². The third-order valence-corrected chi connectivity index (χ3v) is 3.68. The van der Waals surface area contributed by atoms with E-state index in [2.05, 4.69) is 0 Å². The van der Waals surface area contributed by atoms with Gasteiger partial charge in [-0.15, -0.1) is 0 Å². The molecule has 3 rings (SSSR count). The molecule has 0 aliphatic carbocycles. The number of hydrogen-bond donors (Lipinski definition) is 1. The number of para-hydroxylation sites is 1. The lowest BCUT2D eigenvalue weighted by Gasteiger charge is -2.04. The van der Waals surface area contributed by atoms with Crippen molar-refractivity contribution in [3.63, 3.8) is 0 Å². The second-order valence-electron chi connectivity index (χ2n) is 4.87.